The van der Waals surface area contributed by atoms with Gasteiger partial charge in [-0.05, 0) is 38.1 Å². The molecule has 0 atom stereocenters. The maximum atomic E-state index is 5.71. The Kier molecular flexibility index (Phi) is 5.56. The molecule has 16 heavy (non-hydrogen) atoms. The van der Waals surface area contributed by atoms with E-state index in [9.17, 15) is 0 Å². The fourth-order valence-electron chi connectivity index (χ4n) is 1.82. The second-order valence-electron chi connectivity index (χ2n) is 4.25. The molecule has 0 amide bonds. The van der Waals surface area contributed by atoms with Crippen molar-refractivity contribution in [3.63, 3.8) is 0 Å². The number of furan rings is 1. The van der Waals surface area contributed by atoms with Gasteiger partial charge in [0, 0.05) is 0 Å². The van der Waals surface area contributed by atoms with Crippen molar-refractivity contribution >= 4 is 0 Å². The minimum atomic E-state index is 0.493. The summed E-state index contributed by atoms with van der Waals surface area (Å²) in [6.07, 6.45) is 2.49. The standard InChI is InChI=1S/C13H24N2O/c1-4-6-7-15(5-2)10-12-8-11(3)13(9-14)16-12/h8H,4-7,9-10,14H2,1-3H3. The molecule has 92 valence electrons. The van der Waals surface area contributed by atoms with Crippen molar-refractivity contribution in [2.24, 2.45) is 5.73 Å². The van der Waals surface area contributed by atoms with Crippen LogP contribution >= 0.6 is 0 Å². The number of rotatable bonds is 7. The van der Waals surface area contributed by atoms with E-state index < -0.39 is 0 Å². The smallest absolute Gasteiger partial charge is 0.120 e. The number of nitrogens with zero attached hydrogens (tertiary/aromatic N) is 1. The molecule has 0 aliphatic rings. The van der Waals surface area contributed by atoms with E-state index in [0.29, 0.717) is 6.54 Å². The zero-order chi connectivity index (χ0) is 12.0. The highest BCUT2D eigenvalue weighted by molar-refractivity contribution is 5.19. The van der Waals surface area contributed by atoms with Crippen molar-refractivity contribution in [2.75, 3.05) is 13.1 Å². The van der Waals surface area contributed by atoms with Gasteiger partial charge in [-0.3, -0.25) is 4.90 Å². The molecule has 2 N–H and O–H groups in total. The van der Waals surface area contributed by atoms with Crippen molar-refractivity contribution in [1.82, 2.24) is 4.90 Å². The molecule has 0 saturated carbocycles. The van der Waals surface area contributed by atoms with Crippen molar-refractivity contribution in [1.29, 1.82) is 0 Å². The molecule has 1 rings (SSSR count). The summed E-state index contributed by atoms with van der Waals surface area (Å²) in [6, 6.07) is 2.11. The van der Waals surface area contributed by atoms with Crippen LogP contribution in [0, 0.1) is 6.92 Å². The van der Waals surface area contributed by atoms with Crippen molar-refractivity contribution < 1.29 is 4.42 Å². The maximum absolute atomic E-state index is 5.71. The number of aryl methyl sites for hydroxylation is 1. The van der Waals surface area contributed by atoms with Gasteiger partial charge in [0.1, 0.15) is 11.5 Å². The first-order valence-electron chi connectivity index (χ1n) is 6.21. The van der Waals surface area contributed by atoms with E-state index in [-0.39, 0.29) is 0 Å². The summed E-state index contributed by atoms with van der Waals surface area (Å²) in [5.41, 5.74) is 6.77. The first-order valence-corrected chi connectivity index (χ1v) is 6.21. The molecule has 3 heteroatoms. The topological polar surface area (TPSA) is 42.4 Å². The highest BCUT2D eigenvalue weighted by Gasteiger charge is 2.09. The normalized spacial score (nSPS) is 11.3. The molecule has 0 aliphatic heterocycles. The molecule has 0 spiro atoms. The molecular weight excluding hydrogens is 200 g/mol. The Labute approximate surface area is 98.6 Å². The summed E-state index contributed by atoms with van der Waals surface area (Å²) in [7, 11) is 0. The monoisotopic (exact) mass is 224 g/mol. The summed E-state index contributed by atoms with van der Waals surface area (Å²) >= 11 is 0. The number of hydrogen-bond donors (Lipinski definition) is 1. The first kappa shape index (κ1) is 13.3. The minimum Gasteiger partial charge on any atom is -0.463 e. The first-order chi connectivity index (χ1) is 7.71. The average Bonchev–Trinajstić information content (AvgIpc) is 2.64. The van der Waals surface area contributed by atoms with Crippen molar-refractivity contribution in [2.45, 2.75) is 46.7 Å². The fraction of sp³-hybridized carbons (Fsp3) is 0.692. The third kappa shape index (κ3) is 3.65. The predicted octanol–water partition coefficient (Wildman–Crippen LogP) is 2.67. The molecule has 0 saturated heterocycles. The summed E-state index contributed by atoms with van der Waals surface area (Å²) in [6.45, 7) is 10.1. The lowest BCUT2D eigenvalue weighted by atomic mass is 10.2. The van der Waals surface area contributed by atoms with E-state index in [1.165, 1.54) is 18.4 Å². The van der Waals surface area contributed by atoms with Gasteiger partial charge in [0.15, 0.2) is 0 Å². The quantitative estimate of drug-likeness (QED) is 0.774. The Bertz CT molecular complexity index is 307. The summed E-state index contributed by atoms with van der Waals surface area (Å²) in [5.74, 6) is 1.96. The van der Waals surface area contributed by atoms with Crippen LogP contribution in [0.1, 0.15) is 43.8 Å². The molecule has 1 heterocycles. The average molecular weight is 224 g/mol. The molecule has 1 aromatic heterocycles. The Hall–Kier alpha value is -0.800. The Morgan fingerprint density at radius 2 is 2.12 bits per heavy atom. The van der Waals surface area contributed by atoms with E-state index in [1.54, 1.807) is 0 Å². The largest absolute Gasteiger partial charge is 0.463 e. The number of nitrogens with two attached hydrogens (primary N) is 1. The number of hydrogen-bond acceptors (Lipinski definition) is 3. The SMILES string of the molecule is CCCCN(CC)Cc1cc(C)c(CN)o1. The molecule has 0 radical (unpaired) electrons. The molecule has 3 nitrogen and oxygen atoms in total. The van der Waals surface area contributed by atoms with Gasteiger partial charge >= 0.3 is 0 Å². The van der Waals surface area contributed by atoms with Crippen LogP contribution in [0.4, 0.5) is 0 Å². The zero-order valence-electron chi connectivity index (χ0n) is 10.8. The highest BCUT2D eigenvalue weighted by atomic mass is 16.3. The van der Waals surface area contributed by atoms with E-state index in [4.69, 9.17) is 10.2 Å². The fourth-order valence-corrected chi connectivity index (χ4v) is 1.82. The van der Waals surface area contributed by atoms with Gasteiger partial charge in [-0.2, -0.15) is 0 Å². The van der Waals surface area contributed by atoms with Crippen molar-refractivity contribution in [3.8, 4) is 0 Å². The molecular formula is C13H24N2O. The lowest BCUT2D eigenvalue weighted by Gasteiger charge is -2.18. The zero-order valence-corrected chi connectivity index (χ0v) is 10.8. The van der Waals surface area contributed by atoms with Gasteiger partial charge in [0.2, 0.25) is 0 Å². The van der Waals surface area contributed by atoms with Crippen LogP contribution < -0.4 is 5.73 Å². The van der Waals surface area contributed by atoms with E-state index in [2.05, 4.69) is 31.7 Å². The second-order valence-corrected chi connectivity index (χ2v) is 4.25. The second kappa shape index (κ2) is 6.71. The van der Waals surface area contributed by atoms with Gasteiger partial charge in [0.25, 0.3) is 0 Å². The maximum Gasteiger partial charge on any atom is 0.120 e. The van der Waals surface area contributed by atoms with Gasteiger partial charge < -0.3 is 10.2 Å². The lowest BCUT2D eigenvalue weighted by molar-refractivity contribution is 0.249. The van der Waals surface area contributed by atoms with E-state index in [0.717, 1.165) is 31.2 Å². The van der Waals surface area contributed by atoms with Crippen LogP contribution in [-0.4, -0.2) is 18.0 Å². The van der Waals surface area contributed by atoms with Crippen LogP contribution in [0.3, 0.4) is 0 Å². The molecule has 0 aliphatic carbocycles. The molecule has 0 bridgehead atoms. The number of unbranched alkanes of at least 4 members (excludes halogenated alkanes) is 1. The Morgan fingerprint density at radius 3 is 2.62 bits per heavy atom. The summed E-state index contributed by atoms with van der Waals surface area (Å²) in [5, 5.41) is 0. The van der Waals surface area contributed by atoms with Crippen LogP contribution in [0.15, 0.2) is 10.5 Å². The van der Waals surface area contributed by atoms with Crippen LogP contribution in [0.2, 0.25) is 0 Å². The predicted molar refractivity (Wildman–Crippen MR) is 67.2 cm³/mol. The highest BCUT2D eigenvalue weighted by Crippen LogP contribution is 2.15. The van der Waals surface area contributed by atoms with Crippen LogP contribution in [0.25, 0.3) is 0 Å². The van der Waals surface area contributed by atoms with Gasteiger partial charge in [-0.25, -0.2) is 0 Å². The van der Waals surface area contributed by atoms with Gasteiger partial charge in [-0.1, -0.05) is 20.3 Å². The lowest BCUT2D eigenvalue weighted by Crippen LogP contribution is -2.23. The van der Waals surface area contributed by atoms with Gasteiger partial charge in [-0.15, -0.1) is 0 Å². The minimum absolute atomic E-state index is 0.493. The third-order valence-corrected chi connectivity index (χ3v) is 2.91. The Balaban J connectivity index is 2.55. The third-order valence-electron chi connectivity index (χ3n) is 2.91. The van der Waals surface area contributed by atoms with Crippen molar-refractivity contribution in [3.05, 3.63) is 23.2 Å². The van der Waals surface area contributed by atoms with Gasteiger partial charge in [0.05, 0.1) is 13.1 Å². The van der Waals surface area contributed by atoms with E-state index in [1.807, 2.05) is 0 Å². The van der Waals surface area contributed by atoms with Crippen LogP contribution in [-0.2, 0) is 13.1 Å². The Morgan fingerprint density at radius 1 is 1.38 bits per heavy atom. The van der Waals surface area contributed by atoms with E-state index >= 15 is 0 Å². The molecule has 0 unspecified atom stereocenters. The summed E-state index contributed by atoms with van der Waals surface area (Å²) < 4.78 is 5.71. The molecule has 1 aromatic rings. The molecule has 0 fully saturated rings. The molecule has 0 aromatic carbocycles. The van der Waals surface area contributed by atoms with Crippen LogP contribution in [0.5, 0.6) is 0 Å². The summed E-state index contributed by atoms with van der Waals surface area (Å²) in [4.78, 5) is 2.40.